The Morgan fingerprint density at radius 3 is 2.54 bits per heavy atom. The van der Waals surface area contributed by atoms with Gasteiger partial charge in [0.2, 0.25) is 6.33 Å². The number of nitrogens with two attached hydrogens (primary N) is 1. The molecule has 0 aliphatic heterocycles. The number of hydrogen-bond acceptors (Lipinski definition) is 4. The number of nitrogens with zero attached hydrogens (tertiary/aromatic N) is 2. The predicted molar refractivity (Wildman–Crippen MR) is 100 cm³/mol. The number of benzene rings is 1. The number of aromatic nitrogens is 2. The number of carbonyl (C=O) groups excluding carboxylic acids is 1. The van der Waals surface area contributed by atoms with E-state index in [0.29, 0.717) is 24.4 Å². The fraction of sp³-hybridized carbons (Fsp3) is 0.412. The van der Waals surface area contributed by atoms with Crippen LogP contribution in [-0.4, -0.2) is 30.9 Å². The van der Waals surface area contributed by atoms with Crippen LogP contribution in [0.1, 0.15) is 30.1 Å². The number of unbranched alkanes of at least 4 members (excludes halogenated alkanes) is 1. The number of nitrogen functional groups attached to an aromatic ring is 1. The summed E-state index contributed by atoms with van der Waals surface area (Å²) in [5, 5.41) is 3.26. The number of nitrogens with one attached hydrogen (secondary N) is 1. The van der Waals surface area contributed by atoms with Crippen molar-refractivity contribution < 1.29 is 31.4 Å². The third kappa shape index (κ3) is 9.84. The molecule has 11 heteroatoms. The lowest BCUT2D eigenvalue weighted by Gasteiger charge is -2.10. The highest BCUT2D eigenvalue weighted by atomic mass is 19.5. The molecule has 2 aromatic rings. The van der Waals surface area contributed by atoms with Gasteiger partial charge in [-0.2, -0.15) is 0 Å². The zero-order chi connectivity index (χ0) is 21.2. The maximum atomic E-state index is 12.1. The molecule has 0 saturated heterocycles. The van der Waals surface area contributed by atoms with Gasteiger partial charge in [-0.25, -0.2) is 13.9 Å². The quantitative estimate of drug-likeness (QED) is 0.177. The minimum absolute atomic E-state index is 0.323. The first-order valence-electron chi connectivity index (χ1n) is 8.79. The average molecular weight is 404 g/mol. The van der Waals surface area contributed by atoms with E-state index in [-0.39, 0.29) is 5.97 Å². The fourth-order valence-corrected chi connectivity index (χ4v) is 2.21. The van der Waals surface area contributed by atoms with Crippen LogP contribution >= 0.6 is 0 Å². The smallest absolute Gasteiger partial charge is 0.458 e. The lowest BCUT2D eigenvalue weighted by Crippen LogP contribution is -2.24. The summed E-state index contributed by atoms with van der Waals surface area (Å²) < 4.78 is 48.2. The number of rotatable bonds is 8. The largest absolute Gasteiger partial charge is 0.673 e. The lowest BCUT2D eigenvalue weighted by molar-refractivity contribution is -0.671. The minimum atomic E-state index is -6.00. The van der Waals surface area contributed by atoms with E-state index in [9.17, 15) is 22.1 Å². The molecule has 0 bridgehead atoms. The van der Waals surface area contributed by atoms with Crippen molar-refractivity contribution in [3.05, 3.63) is 42.5 Å². The molecule has 2 rings (SSSR count). The van der Waals surface area contributed by atoms with E-state index in [0.717, 1.165) is 25.1 Å². The molecular formula is C17H25BF4N4O2. The molecule has 28 heavy (non-hydrogen) atoms. The number of hydrogen-bond donors (Lipinski definition) is 2. The second-order valence-electron chi connectivity index (χ2n) is 6.03. The van der Waals surface area contributed by atoms with Crippen molar-refractivity contribution in [1.82, 2.24) is 4.57 Å². The number of aryl methyl sites for hydroxylation is 1. The lowest BCUT2D eigenvalue weighted by atomic mass is 10.1. The van der Waals surface area contributed by atoms with Crippen molar-refractivity contribution in [3.63, 3.8) is 0 Å². The molecule has 0 radical (unpaired) electrons. The van der Waals surface area contributed by atoms with E-state index in [1.165, 1.54) is 0 Å². The van der Waals surface area contributed by atoms with Gasteiger partial charge in [-0.1, -0.05) is 13.3 Å². The Labute approximate surface area is 161 Å². The van der Waals surface area contributed by atoms with Crippen molar-refractivity contribution in [2.24, 2.45) is 7.05 Å². The summed E-state index contributed by atoms with van der Waals surface area (Å²) in [7, 11) is -4.05. The van der Waals surface area contributed by atoms with Gasteiger partial charge in [0.05, 0.1) is 24.0 Å². The van der Waals surface area contributed by atoms with Gasteiger partial charge < -0.3 is 33.0 Å². The molecule has 1 aromatic carbocycles. The summed E-state index contributed by atoms with van der Waals surface area (Å²) in [6, 6.07) is 5.22. The first-order chi connectivity index (χ1) is 13.1. The molecule has 156 valence electrons. The Morgan fingerprint density at radius 1 is 1.32 bits per heavy atom. The Balaban J connectivity index is 0.000000696. The standard InChI is InChI=1S/C17H24N4O2.BF4/c1-3-4-7-19-16-6-5-14(12-15(16)18)17(22)23-11-10-21-9-8-20(2)13-21;2-1(3,4)5/h5-6,8-9,12-13H,3-4,7,10-11,18H2,1-2H3;/q;-1/p+1. The molecule has 0 aliphatic rings. The molecule has 0 aliphatic carbocycles. The summed E-state index contributed by atoms with van der Waals surface area (Å²) in [6.45, 7) is 3.96. The Bertz CT molecular complexity index is 747. The van der Waals surface area contributed by atoms with Gasteiger partial charge in [0, 0.05) is 6.54 Å². The number of anilines is 2. The molecule has 0 amide bonds. The van der Waals surface area contributed by atoms with Gasteiger partial charge in [-0.05, 0) is 24.6 Å². The minimum Gasteiger partial charge on any atom is -0.458 e. The van der Waals surface area contributed by atoms with Crippen LogP contribution in [0.4, 0.5) is 28.6 Å². The number of imidazole rings is 1. The Kier molecular flexibility index (Phi) is 9.33. The highest BCUT2D eigenvalue weighted by Crippen LogP contribution is 2.20. The van der Waals surface area contributed by atoms with Crippen LogP contribution in [0.25, 0.3) is 0 Å². The van der Waals surface area contributed by atoms with Crippen LogP contribution in [0.5, 0.6) is 0 Å². The summed E-state index contributed by atoms with van der Waals surface area (Å²) >= 11 is 0. The van der Waals surface area contributed by atoms with Crippen LogP contribution in [0.3, 0.4) is 0 Å². The normalized spacial score (nSPS) is 10.8. The Morgan fingerprint density at radius 2 is 2.00 bits per heavy atom. The van der Waals surface area contributed by atoms with Crippen molar-refractivity contribution in [1.29, 1.82) is 0 Å². The highest BCUT2D eigenvalue weighted by Gasteiger charge is 2.20. The molecular weight excluding hydrogens is 379 g/mol. The maximum absolute atomic E-state index is 12.1. The van der Waals surface area contributed by atoms with Gasteiger partial charge >= 0.3 is 13.2 Å². The predicted octanol–water partition coefficient (Wildman–Crippen LogP) is 3.26. The van der Waals surface area contributed by atoms with Gasteiger partial charge in [0.15, 0.2) is 0 Å². The number of carbonyl (C=O) groups is 1. The van der Waals surface area contributed by atoms with Gasteiger partial charge in [0.25, 0.3) is 0 Å². The van der Waals surface area contributed by atoms with Crippen LogP contribution in [0.15, 0.2) is 36.9 Å². The monoisotopic (exact) mass is 404 g/mol. The zero-order valence-corrected chi connectivity index (χ0v) is 15.9. The molecule has 3 N–H and O–H groups in total. The van der Waals surface area contributed by atoms with E-state index >= 15 is 0 Å². The molecule has 0 fully saturated rings. The maximum Gasteiger partial charge on any atom is 0.673 e. The first kappa shape index (κ1) is 23.3. The van der Waals surface area contributed by atoms with Gasteiger partial charge in [-0.15, -0.1) is 0 Å². The van der Waals surface area contributed by atoms with Gasteiger partial charge in [-0.3, -0.25) is 0 Å². The topological polar surface area (TPSA) is 73.2 Å². The van der Waals surface area contributed by atoms with E-state index < -0.39 is 7.25 Å². The molecule has 0 unspecified atom stereocenters. The van der Waals surface area contributed by atoms with Crippen LogP contribution in [0, 0.1) is 0 Å². The molecule has 6 nitrogen and oxygen atoms in total. The summed E-state index contributed by atoms with van der Waals surface area (Å²) in [5.41, 5.74) is 7.88. The summed E-state index contributed by atoms with van der Waals surface area (Å²) in [6.07, 6.45) is 8.01. The molecule has 1 aromatic heterocycles. The number of esters is 1. The summed E-state index contributed by atoms with van der Waals surface area (Å²) in [5.74, 6) is -0.353. The molecule has 0 atom stereocenters. The van der Waals surface area contributed by atoms with Crippen LogP contribution in [-0.2, 0) is 18.3 Å². The second kappa shape index (κ2) is 11.2. The van der Waals surface area contributed by atoms with Gasteiger partial charge in [0.1, 0.15) is 25.5 Å². The highest BCUT2D eigenvalue weighted by molar-refractivity contribution is 6.50. The van der Waals surface area contributed by atoms with E-state index in [2.05, 4.69) is 12.2 Å². The van der Waals surface area contributed by atoms with Crippen molar-refractivity contribution in [3.8, 4) is 0 Å². The Hall–Kier alpha value is -2.72. The third-order valence-electron chi connectivity index (χ3n) is 3.54. The van der Waals surface area contributed by atoms with Crippen molar-refractivity contribution in [2.45, 2.75) is 26.3 Å². The van der Waals surface area contributed by atoms with Crippen molar-refractivity contribution in [2.75, 3.05) is 24.2 Å². The first-order valence-corrected chi connectivity index (χ1v) is 8.79. The van der Waals surface area contributed by atoms with E-state index in [1.54, 1.807) is 12.1 Å². The van der Waals surface area contributed by atoms with Crippen molar-refractivity contribution >= 4 is 24.6 Å². The summed E-state index contributed by atoms with van der Waals surface area (Å²) in [4.78, 5) is 12.1. The van der Waals surface area contributed by atoms with Crippen LogP contribution in [0.2, 0.25) is 0 Å². The van der Waals surface area contributed by atoms with E-state index in [1.807, 2.05) is 41.0 Å². The second-order valence-corrected chi connectivity index (χ2v) is 6.03. The fourth-order valence-electron chi connectivity index (χ4n) is 2.21. The molecule has 1 heterocycles. The number of ether oxygens (including phenoxy) is 1. The molecule has 0 spiro atoms. The van der Waals surface area contributed by atoms with E-state index in [4.69, 9.17) is 10.5 Å². The third-order valence-corrected chi connectivity index (χ3v) is 3.54. The SMILES string of the molecule is CCCCNc1ccc(C(=O)OCCn2cc[n+](C)c2)cc1N.F[B-](F)(F)F. The number of halogens is 4. The average Bonchev–Trinajstić information content (AvgIpc) is 3.00. The zero-order valence-electron chi connectivity index (χ0n) is 15.9. The van der Waals surface area contributed by atoms with Crippen LogP contribution < -0.4 is 15.6 Å². The molecule has 0 saturated carbocycles.